The second-order valence-corrected chi connectivity index (χ2v) is 9.69. The highest BCUT2D eigenvalue weighted by Gasteiger charge is 2.40. The average molecular weight is 517 g/mol. The van der Waals surface area contributed by atoms with Gasteiger partial charge in [0.15, 0.2) is 6.23 Å². The minimum Gasteiger partial charge on any atom is -0.369 e. The van der Waals surface area contributed by atoms with Crippen molar-refractivity contribution in [2.45, 2.75) is 6.23 Å². The lowest BCUT2D eigenvalue weighted by atomic mass is 10.0. The first-order valence-corrected chi connectivity index (χ1v) is 12.8. The standard InChI is InChI=1S/C34H20N4O2/c35-19-21-13-15-29-26(17-21)27-18-22(20-36)14-16-30(27)37(29)31-12-6-10-25-32(31)34(40)38(33(25)39)28-11-5-4-9-24(28)23-7-2-1-3-8-23/h1-18,34,40H. The van der Waals surface area contributed by atoms with Gasteiger partial charge in [0.1, 0.15) is 0 Å². The molecular formula is C34H20N4O2. The fourth-order valence-electron chi connectivity index (χ4n) is 5.78. The van der Waals surface area contributed by atoms with Gasteiger partial charge in [0.25, 0.3) is 5.91 Å². The molecule has 0 saturated carbocycles. The van der Waals surface area contributed by atoms with Crippen LogP contribution in [0.4, 0.5) is 5.69 Å². The molecule has 1 N–H and O–H groups in total. The third-order valence-corrected chi connectivity index (χ3v) is 7.55. The number of amides is 1. The van der Waals surface area contributed by atoms with Gasteiger partial charge in [-0.2, -0.15) is 10.5 Å². The van der Waals surface area contributed by atoms with Gasteiger partial charge in [-0.1, -0.05) is 54.6 Å². The van der Waals surface area contributed by atoms with Crippen molar-refractivity contribution in [3.8, 4) is 29.0 Å². The van der Waals surface area contributed by atoms with Gasteiger partial charge in [-0.15, -0.1) is 0 Å². The number of aliphatic hydroxyl groups excluding tert-OH is 1. The summed E-state index contributed by atoms with van der Waals surface area (Å²) in [5, 5.41) is 32.5. The highest BCUT2D eigenvalue weighted by molar-refractivity contribution is 6.14. The predicted molar refractivity (Wildman–Crippen MR) is 154 cm³/mol. The van der Waals surface area contributed by atoms with Gasteiger partial charge in [0, 0.05) is 27.5 Å². The van der Waals surface area contributed by atoms with E-state index in [-0.39, 0.29) is 5.91 Å². The summed E-state index contributed by atoms with van der Waals surface area (Å²) in [5.74, 6) is -0.285. The van der Waals surface area contributed by atoms with E-state index in [1.54, 1.807) is 18.2 Å². The van der Waals surface area contributed by atoms with E-state index >= 15 is 0 Å². The molecule has 0 spiro atoms. The molecule has 1 unspecified atom stereocenters. The number of benzene rings is 5. The lowest BCUT2D eigenvalue weighted by Crippen LogP contribution is -2.28. The van der Waals surface area contributed by atoms with Crippen molar-refractivity contribution >= 4 is 33.4 Å². The van der Waals surface area contributed by atoms with Crippen LogP contribution in [-0.4, -0.2) is 15.6 Å². The number of nitrogens with zero attached hydrogens (tertiary/aromatic N) is 4. The van der Waals surface area contributed by atoms with Crippen LogP contribution in [0, 0.1) is 22.7 Å². The summed E-state index contributed by atoms with van der Waals surface area (Å²) >= 11 is 0. The van der Waals surface area contributed by atoms with E-state index in [1.807, 2.05) is 95.6 Å². The van der Waals surface area contributed by atoms with E-state index in [1.165, 1.54) is 4.90 Å². The van der Waals surface area contributed by atoms with Crippen LogP contribution in [0.25, 0.3) is 38.6 Å². The highest BCUT2D eigenvalue weighted by Crippen LogP contribution is 2.44. The van der Waals surface area contributed by atoms with Crippen molar-refractivity contribution in [1.82, 2.24) is 4.57 Å². The Hall–Kier alpha value is -5.69. The molecule has 6 aromatic rings. The maximum Gasteiger partial charge on any atom is 0.261 e. The van der Waals surface area contributed by atoms with Gasteiger partial charge in [0.05, 0.1) is 45.7 Å². The number of hydrogen-bond acceptors (Lipinski definition) is 4. The summed E-state index contributed by atoms with van der Waals surface area (Å²) in [6, 6.07) is 38.0. The molecule has 1 aliphatic rings. The summed E-state index contributed by atoms with van der Waals surface area (Å²) in [6.45, 7) is 0. The zero-order chi connectivity index (χ0) is 27.4. The summed E-state index contributed by atoms with van der Waals surface area (Å²) in [7, 11) is 0. The molecule has 0 fully saturated rings. The zero-order valence-corrected chi connectivity index (χ0v) is 21.1. The minimum absolute atomic E-state index is 0.285. The fourth-order valence-corrected chi connectivity index (χ4v) is 5.78. The first-order chi connectivity index (χ1) is 19.6. The van der Waals surface area contributed by atoms with Crippen LogP contribution in [0.1, 0.15) is 33.3 Å². The normalized spacial score (nSPS) is 14.3. The summed E-state index contributed by atoms with van der Waals surface area (Å²) in [4.78, 5) is 15.3. The van der Waals surface area contributed by atoms with E-state index in [0.717, 1.165) is 32.9 Å². The van der Waals surface area contributed by atoms with Gasteiger partial charge in [0.2, 0.25) is 0 Å². The number of para-hydroxylation sites is 1. The molecule has 6 nitrogen and oxygen atoms in total. The van der Waals surface area contributed by atoms with Crippen LogP contribution < -0.4 is 4.90 Å². The molecule has 0 aliphatic carbocycles. The van der Waals surface area contributed by atoms with Crippen molar-refractivity contribution in [3.05, 3.63) is 131 Å². The van der Waals surface area contributed by atoms with Crippen LogP contribution >= 0.6 is 0 Å². The van der Waals surface area contributed by atoms with Gasteiger partial charge >= 0.3 is 0 Å². The number of fused-ring (bicyclic) bond motifs is 4. The van der Waals surface area contributed by atoms with Crippen LogP contribution in [-0.2, 0) is 0 Å². The van der Waals surface area contributed by atoms with Crippen molar-refractivity contribution in [2.24, 2.45) is 0 Å². The number of rotatable bonds is 3. The molecular weight excluding hydrogens is 496 g/mol. The van der Waals surface area contributed by atoms with E-state index in [2.05, 4.69) is 12.1 Å². The molecule has 7 rings (SSSR count). The molecule has 1 aromatic heterocycles. The number of anilines is 1. The monoisotopic (exact) mass is 516 g/mol. The smallest absolute Gasteiger partial charge is 0.261 e. The van der Waals surface area contributed by atoms with Crippen LogP contribution in [0.2, 0.25) is 0 Å². The lowest BCUT2D eigenvalue weighted by Gasteiger charge is -2.25. The Balaban J connectivity index is 1.47. The third kappa shape index (κ3) is 3.34. The molecule has 40 heavy (non-hydrogen) atoms. The highest BCUT2D eigenvalue weighted by atomic mass is 16.3. The maximum absolute atomic E-state index is 13.9. The molecule has 2 heterocycles. The van der Waals surface area contributed by atoms with Gasteiger partial charge in [-0.25, -0.2) is 0 Å². The van der Waals surface area contributed by atoms with E-state index in [4.69, 9.17) is 0 Å². The van der Waals surface area contributed by atoms with E-state index in [0.29, 0.717) is 33.6 Å². The van der Waals surface area contributed by atoms with Crippen molar-refractivity contribution < 1.29 is 9.90 Å². The number of nitriles is 2. The van der Waals surface area contributed by atoms with Gasteiger partial charge in [-0.3, -0.25) is 9.69 Å². The molecule has 6 heteroatoms. The number of aromatic nitrogens is 1. The van der Waals surface area contributed by atoms with Crippen molar-refractivity contribution in [1.29, 1.82) is 10.5 Å². The quantitative estimate of drug-likeness (QED) is 0.279. The fraction of sp³-hybridized carbons (Fsp3) is 0.0294. The SMILES string of the molecule is N#Cc1ccc2c(c1)c1cc(C#N)ccc1n2-c1cccc2c1C(O)N(c1ccccc1-c1ccccc1)C2=O. The van der Waals surface area contributed by atoms with Gasteiger partial charge < -0.3 is 9.67 Å². The largest absolute Gasteiger partial charge is 0.369 e. The zero-order valence-electron chi connectivity index (χ0n) is 21.1. The topological polar surface area (TPSA) is 93.0 Å². The second-order valence-electron chi connectivity index (χ2n) is 9.69. The Morgan fingerprint density at radius 3 is 1.88 bits per heavy atom. The molecule has 0 radical (unpaired) electrons. The summed E-state index contributed by atoms with van der Waals surface area (Å²) in [5.41, 5.74) is 6.61. The number of carbonyl (C=O) groups excluding carboxylic acids is 1. The number of carbonyl (C=O) groups is 1. The Morgan fingerprint density at radius 1 is 0.650 bits per heavy atom. The number of aliphatic hydroxyl groups is 1. The minimum atomic E-state index is -1.23. The van der Waals surface area contributed by atoms with Crippen molar-refractivity contribution in [3.63, 3.8) is 0 Å². The predicted octanol–water partition coefficient (Wildman–Crippen LogP) is 6.85. The maximum atomic E-state index is 13.9. The van der Waals surface area contributed by atoms with E-state index in [9.17, 15) is 20.4 Å². The molecule has 188 valence electrons. The first kappa shape index (κ1) is 23.4. The molecule has 0 saturated heterocycles. The third-order valence-electron chi connectivity index (χ3n) is 7.55. The summed E-state index contributed by atoms with van der Waals surface area (Å²) in [6.07, 6.45) is -1.23. The average Bonchev–Trinajstić information content (AvgIpc) is 3.47. The van der Waals surface area contributed by atoms with Crippen LogP contribution in [0.3, 0.4) is 0 Å². The Kier molecular flexibility index (Phi) is 5.25. The lowest BCUT2D eigenvalue weighted by molar-refractivity contribution is 0.0935. The Morgan fingerprint density at radius 2 is 1.23 bits per heavy atom. The van der Waals surface area contributed by atoms with E-state index < -0.39 is 6.23 Å². The van der Waals surface area contributed by atoms with Crippen molar-refractivity contribution in [2.75, 3.05) is 4.90 Å². The van der Waals surface area contributed by atoms with Crippen LogP contribution in [0.5, 0.6) is 0 Å². The molecule has 5 aromatic carbocycles. The Bertz CT molecular complexity index is 2010. The molecule has 0 bridgehead atoms. The molecule has 1 aliphatic heterocycles. The second kappa shape index (κ2) is 8.96. The van der Waals surface area contributed by atoms with Gasteiger partial charge in [-0.05, 0) is 60.2 Å². The molecule has 1 atom stereocenters. The number of hydrogen-bond donors (Lipinski definition) is 1. The Labute approximate surface area is 229 Å². The molecule has 1 amide bonds. The van der Waals surface area contributed by atoms with Crippen LogP contribution in [0.15, 0.2) is 109 Å². The first-order valence-electron chi connectivity index (χ1n) is 12.8. The summed E-state index contributed by atoms with van der Waals surface area (Å²) < 4.78 is 1.99.